The summed E-state index contributed by atoms with van der Waals surface area (Å²) in [7, 11) is 0. The number of hydrogen-bond acceptors (Lipinski definition) is 6. The van der Waals surface area contributed by atoms with Crippen molar-refractivity contribution in [2.75, 3.05) is 11.1 Å². The number of rotatable bonds is 5. The van der Waals surface area contributed by atoms with E-state index in [9.17, 15) is 10.1 Å². The van der Waals surface area contributed by atoms with E-state index >= 15 is 0 Å². The highest BCUT2D eigenvalue weighted by Crippen LogP contribution is 2.43. The first kappa shape index (κ1) is 24.0. The number of nitrogens with zero attached hydrogens (tertiary/aromatic N) is 2. The van der Waals surface area contributed by atoms with Crippen molar-refractivity contribution in [1.29, 1.82) is 5.26 Å². The summed E-state index contributed by atoms with van der Waals surface area (Å²) in [6, 6.07) is 24.1. The highest BCUT2D eigenvalue weighted by molar-refractivity contribution is 8.00. The molecule has 36 heavy (non-hydrogen) atoms. The van der Waals surface area contributed by atoms with Gasteiger partial charge in [-0.25, -0.2) is 4.98 Å². The lowest BCUT2D eigenvalue weighted by Gasteiger charge is -2.23. The zero-order valence-electron chi connectivity index (χ0n) is 19.1. The third kappa shape index (κ3) is 5.11. The number of thioether (sulfide) groups is 1. The van der Waals surface area contributed by atoms with E-state index in [4.69, 9.17) is 17.2 Å². The maximum Gasteiger partial charge on any atom is 0.248 e. The number of aryl methyl sites for hydroxylation is 1. The molecule has 0 spiro atoms. The predicted octanol–water partition coefficient (Wildman–Crippen LogP) is 5.56. The van der Waals surface area contributed by atoms with Gasteiger partial charge in [-0.15, -0.1) is 11.3 Å². The average molecular weight is 528 g/mol. The molecule has 3 N–H and O–H groups in total. The van der Waals surface area contributed by atoms with Gasteiger partial charge >= 0.3 is 0 Å². The first-order valence-electron chi connectivity index (χ1n) is 11.3. The van der Waals surface area contributed by atoms with Crippen molar-refractivity contribution in [1.82, 2.24) is 15.8 Å². The second kappa shape index (κ2) is 10.9. The van der Waals surface area contributed by atoms with Crippen molar-refractivity contribution in [2.24, 2.45) is 0 Å². The van der Waals surface area contributed by atoms with Crippen molar-refractivity contribution in [3.8, 4) is 27.8 Å². The number of fused-ring (bicyclic) bond motifs is 3. The van der Waals surface area contributed by atoms with Crippen LogP contribution in [0.1, 0.15) is 16.7 Å². The van der Waals surface area contributed by atoms with Crippen LogP contribution < -0.4 is 16.2 Å². The number of thiocarbonyl (C=S) groups is 1. The highest BCUT2D eigenvalue weighted by Gasteiger charge is 2.26. The molecule has 9 heteroatoms. The molecule has 2 aromatic heterocycles. The first-order chi connectivity index (χ1) is 17.6. The zero-order chi connectivity index (χ0) is 24.9. The van der Waals surface area contributed by atoms with E-state index in [1.54, 1.807) is 11.3 Å². The van der Waals surface area contributed by atoms with Crippen LogP contribution in [-0.4, -0.2) is 21.8 Å². The summed E-state index contributed by atoms with van der Waals surface area (Å²) in [6.07, 6.45) is 1.73. The molecule has 0 bridgehead atoms. The number of benzene rings is 2. The Labute approximate surface area is 222 Å². The molecular formula is C27H21N5OS3. The SMILES string of the molecule is N#Cc1c(SCC(=O)NNC(=S)Nc2ccccc2)nc2c(c1-c1cccs1)CCc1ccccc1-2. The monoisotopic (exact) mass is 527 g/mol. The highest BCUT2D eigenvalue weighted by atomic mass is 32.2. The summed E-state index contributed by atoms with van der Waals surface area (Å²) in [4.78, 5) is 18.5. The third-order valence-corrected chi connectivity index (χ3v) is 7.81. The Morgan fingerprint density at radius 1 is 1.06 bits per heavy atom. The second-order valence-electron chi connectivity index (χ2n) is 8.02. The number of anilines is 1. The molecule has 1 aliphatic rings. The summed E-state index contributed by atoms with van der Waals surface area (Å²) in [5.74, 6) is -0.203. The van der Waals surface area contributed by atoms with Gasteiger partial charge in [-0.2, -0.15) is 5.26 Å². The van der Waals surface area contributed by atoms with Gasteiger partial charge in [0.15, 0.2) is 5.11 Å². The fourth-order valence-electron chi connectivity index (χ4n) is 4.18. The Balaban J connectivity index is 1.37. The fraction of sp³-hybridized carbons (Fsp3) is 0.111. The van der Waals surface area contributed by atoms with Gasteiger partial charge in [0.05, 0.1) is 17.0 Å². The van der Waals surface area contributed by atoms with Crippen LogP contribution in [0.3, 0.4) is 0 Å². The molecular weight excluding hydrogens is 507 g/mol. The molecule has 0 atom stereocenters. The minimum absolute atomic E-state index is 0.0763. The quantitative estimate of drug-likeness (QED) is 0.178. The summed E-state index contributed by atoms with van der Waals surface area (Å²) >= 11 is 8.10. The molecule has 6 nitrogen and oxygen atoms in total. The first-order valence-corrected chi connectivity index (χ1v) is 13.5. The zero-order valence-corrected chi connectivity index (χ0v) is 21.5. The van der Waals surface area contributed by atoms with Crippen molar-refractivity contribution >= 4 is 52.0 Å². The summed E-state index contributed by atoms with van der Waals surface area (Å²) in [6.45, 7) is 0. The molecule has 0 unspecified atom stereocenters. The van der Waals surface area contributed by atoms with E-state index < -0.39 is 0 Å². The molecule has 1 aliphatic carbocycles. The lowest BCUT2D eigenvalue weighted by molar-refractivity contribution is -0.119. The van der Waals surface area contributed by atoms with Crippen LogP contribution in [0.25, 0.3) is 21.7 Å². The minimum atomic E-state index is -0.279. The van der Waals surface area contributed by atoms with Crippen molar-refractivity contribution in [2.45, 2.75) is 17.9 Å². The fourth-order valence-corrected chi connectivity index (χ4v) is 5.94. The number of nitriles is 1. The van der Waals surface area contributed by atoms with Gasteiger partial charge in [-0.1, -0.05) is 60.3 Å². The molecule has 0 radical (unpaired) electrons. The van der Waals surface area contributed by atoms with Crippen molar-refractivity contribution < 1.29 is 4.79 Å². The number of pyridine rings is 1. The lowest BCUT2D eigenvalue weighted by atomic mass is 9.85. The number of aromatic nitrogens is 1. The van der Waals surface area contributed by atoms with Gasteiger partial charge in [-0.3, -0.25) is 15.6 Å². The number of hydrogen-bond donors (Lipinski definition) is 3. The van der Waals surface area contributed by atoms with Crippen LogP contribution in [0.4, 0.5) is 5.69 Å². The number of para-hydroxylation sites is 1. The number of amides is 1. The van der Waals surface area contributed by atoms with Gasteiger partial charge < -0.3 is 5.32 Å². The Morgan fingerprint density at radius 3 is 2.64 bits per heavy atom. The summed E-state index contributed by atoms with van der Waals surface area (Å²) in [5.41, 5.74) is 11.9. The summed E-state index contributed by atoms with van der Waals surface area (Å²) < 4.78 is 0. The second-order valence-corrected chi connectivity index (χ2v) is 10.3. The predicted molar refractivity (Wildman–Crippen MR) is 150 cm³/mol. The van der Waals surface area contributed by atoms with E-state index in [0.29, 0.717) is 10.6 Å². The third-order valence-electron chi connectivity index (χ3n) is 5.75. The number of carbonyl (C=O) groups excluding carboxylic acids is 1. The molecule has 4 aromatic rings. The molecule has 0 saturated carbocycles. The van der Waals surface area contributed by atoms with Gasteiger partial charge in [-0.05, 0) is 59.8 Å². The molecule has 1 amide bonds. The molecule has 2 aromatic carbocycles. The molecule has 2 heterocycles. The standard InChI is InChI=1S/C27H21N5OS3/c28-15-21-24(22-11-6-14-35-22)20-13-12-17-7-4-5-10-19(17)25(20)30-26(21)36-16-23(33)31-32-27(34)29-18-8-2-1-3-9-18/h1-11,14H,12-13,16H2,(H,31,33)(H2,29,32,34). The van der Waals surface area contributed by atoms with Crippen LogP contribution in [-0.2, 0) is 17.6 Å². The molecule has 178 valence electrons. The van der Waals surface area contributed by atoms with Crippen LogP contribution >= 0.6 is 35.3 Å². The Hall–Kier alpha value is -3.71. The Morgan fingerprint density at radius 2 is 1.86 bits per heavy atom. The van der Waals surface area contributed by atoms with Gasteiger partial charge in [0, 0.05) is 21.7 Å². The van der Waals surface area contributed by atoms with E-state index in [0.717, 1.165) is 45.8 Å². The van der Waals surface area contributed by atoms with Crippen LogP contribution in [0.15, 0.2) is 77.1 Å². The maximum atomic E-state index is 12.6. The van der Waals surface area contributed by atoms with Gasteiger partial charge in [0.2, 0.25) is 5.91 Å². The number of carbonyl (C=O) groups is 1. The maximum absolute atomic E-state index is 12.6. The smallest absolute Gasteiger partial charge is 0.248 e. The number of hydrazine groups is 1. The Kier molecular flexibility index (Phi) is 7.28. The normalized spacial score (nSPS) is 11.5. The van der Waals surface area contributed by atoms with E-state index in [-0.39, 0.29) is 16.8 Å². The lowest BCUT2D eigenvalue weighted by Crippen LogP contribution is -2.44. The van der Waals surface area contributed by atoms with Crippen molar-refractivity contribution in [3.05, 3.63) is 88.8 Å². The van der Waals surface area contributed by atoms with Crippen molar-refractivity contribution in [3.63, 3.8) is 0 Å². The van der Waals surface area contributed by atoms with Crippen LogP contribution in [0.2, 0.25) is 0 Å². The summed E-state index contributed by atoms with van der Waals surface area (Å²) in [5, 5.41) is 16.0. The van der Waals surface area contributed by atoms with E-state index in [1.807, 2.05) is 60.0 Å². The topological polar surface area (TPSA) is 89.8 Å². The molecule has 0 aliphatic heterocycles. The van der Waals surface area contributed by atoms with Gasteiger partial charge in [0.25, 0.3) is 0 Å². The Bertz CT molecular complexity index is 1460. The number of thiophene rings is 1. The number of nitrogens with one attached hydrogen (secondary N) is 3. The van der Waals surface area contributed by atoms with Gasteiger partial charge in [0.1, 0.15) is 11.1 Å². The molecule has 5 rings (SSSR count). The van der Waals surface area contributed by atoms with E-state index in [1.165, 1.54) is 17.3 Å². The molecule has 0 fully saturated rings. The van der Waals surface area contributed by atoms with Crippen LogP contribution in [0, 0.1) is 11.3 Å². The van der Waals surface area contributed by atoms with Crippen LogP contribution in [0.5, 0.6) is 0 Å². The largest absolute Gasteiger partial charge is 0.331 e. The minimum Gasteiger partial charge on any atom is -0.331 e. The van der Waals surface area contributed by atoms with E-state index in [2.05, 4.69) is 34.4 Å². The molecule has 0 saturated heterocycles. The average Bonchev–Trinajstić information content (AvgIpc) is 3.45.